The number of carbonyl (C=O) groups is 2. The molecule has 78 valence electrons. The Labute approximate surface area is 85.1 Å². The number of aldehydes is 1. The molecule has 0 spiro atoms. The van der Waals surface area contributed by atoms with Crippen molar-refractivity contribution in [1.82, 2.24) is 0 Å². The number of carbonyl (C=O) groups excluding carboxylic acids is 2. The van der Waals surface area contributed by atoms with Gasteiger partial charge in [0.15, 0.2) is 6.29 Å². The first-order valence-electron chi connectivity index (χ1n) is 4.06. The van der Waals surface area contributed by atoms with Gasteiger partial charge >= 0.3 is 5.69 Å². The second kappa shape index (κ2) is 4.32. The Hall–Kier alpha value is -2.24. The molecule has 1 rings (SSSR count). The third-order valence-electron chi connectivity index (χ3n) is 1.69. The van der Waals surface area contributed by atoms with Gasteiger partial charge in [-0.3, -0.25) is 19.7 Å². The van der Waals surface area contributed by atoms with E-state index in [1.165, 1.54) is 25.1 Å². The van der Waals surface area contributed by atoms with E-state index < -0.39 is 10.8 Å². The van der Waals surface area contributed by atoms with Crippen molar-refractivity contribution in [3.8, 4) is 0 Å². The van der Waals surface area contributed by atoms with Crippen LogP contribution in [0.2, 0.25) is 0 Å². The first-order valence-corrected chi connectivity index (χ1v) is 4.06. The SMILES string of the molecule is CC(=O)Nc1cccc(C=O)c1[N+](=O)[O-]. The number of para-hydroxylation sites is 1. The van der Waals surface area contributed by atoms with Gasteiger partial charge in [0.25, 0.3) is 0 Å². The number of nitrogens with one attached hydrogen (secondary N) is 1. The predicted octanol–water partition coefficient (Wildman–Crippen LogP) is 1.37. The number of anilines is 1. The highest BCUT2D eigenvalue weighted by Crippen LogP contribution is 2.27. The first kappa shape index (κ1) is 10.8. The number of amides is 1. The van der Waals surface area contributed by atoms with Gasteiger partial charge < -0.3 is 5.32 Å². The molecule has 0 aliphatic rings. The van der Waals surface area contributed by atoms with Crippen LogP contribution in [0.15, 0.2) is 18.2 Å². The Morgan fingerprint density at radius 1 is 1.53 bits per heavy atom. The Morgan fingerprint density at radius 2 is 2.20 bits per heavy atom. The van der Waals surface area contributed by atoms with Crippen LogP contribution in [0.5, 0.6) is 0 Å². The van der Waals surface area contributed by atoms with Gasteiger partial charge in [-0.25, -0.2) is 0 Å². The van der Waals surface area contributed by atoms with Crippen LogP contribution in [0.1, 0.15) is 17.3 Å². The van der Waals surface area contributed by atoms with E-state index in [-0.39, 0.29) is 16.9 Å². The van der Waals surface area contributed by atoms with Crippen molar-refractivity contribution in [2.45, 2.75) is 6.92 Å². The highest BCUT2D eigenvalue weighted by Gasteiger charge is 2.19. The van der Waals surface area contributed by atoms with Crippen molar-refractivity contribution in [3.63, 3.8) is 0 Å². The standard InChI is InChI=1S/C9H8N2O4/c1-6(13)10-8-4-2-3-7(5-12)9(8)11(14)15/h2-5H,1H3,(H,10,13). The maximum Gasteiger partial charge on any atom is 0.303 e. The fraction of sp³-hybridized carbons (Fsp3) is 0.111. The van der Waals surface area contributed by atoms with Crippen LogP contribution >= 0.6 is 0 Å². The topological polar surface area (TPSA) is 89.3 Å². The zero-order valence-electron chi connectivity index (χ0n) is 7.89. The zero-order chi connectivity index (χ0) is 11.4. The molecule has 15 heavy (non-hydrogen) atoms. The largest absolute Gasteiger partial charge is 0.321 e. The summed E-state index contributed by atoms with van der Waals surface area (Å²) in [5.74, 6) is -0.429. The fourth-order valence-corrected chi connectivity index (χ4v) is 1.15. The minimum absolute atomic E-state index is 0.0251. The summed E-state index contributed by atoms with van der Waals surface area (Å²) in [5.41, 5.74) is -0.425. The van der Waals surface area contributed by atoms with E-state index >= 15 is 0 Å². The van der Waals surface area contributed by atoms with Crippen molar-refractivity contribution < 1.29 is 14.5 Å². The van der Waals surface area contributed by atoms with Crippen LogP contribution in [-0.2, 0) is 4.79 Å². The smallest absolute Gasteiger partial charge is 0.303 e. The molecule has 0 unspecified atom stereocenters. The average molecular weight is 208 g/mol. The van der Waals surface area contributed by atoms with E-state index in [1.807, 2.05) is 0 Å². The number of nitro groups is 1. The molecule has 1 amide bonds. The summed E-state index contributed by atoms with van der Waals surface area (Å²) in [6.07, 6.45) is 0.378. The maximum absolute atomic E-state index is 10.8. The van der Waals surface area contributed by atoms with Crippen LogP contribution in [-0.4, -0.2) is 17.1 Å². The Morgan fingerprint density at radius 3 is 2.67 bits per heavy atom. The van der Waals surface area contributed by atoms with Crippen molar-refractivity contribution >= 4 is 23.6 Å². The summed E-state index contributed by atoms with van der Waals surface area (Å²) >= 11 is 0. The van der Waals surface area contributed by atoms with E-state index in [0.717, 1.165) is 0 Å². The third kappa shape index (κ3) is 2.37. The molecule has 0 radical (unpaired) electrons. The quantitative estimate of drug-likeness (QED) is 0.461. The van der Waals surface area contributed by atoms with Crippen LogP contribution in [0.4, 0.5) is 11.4 Å². The average Bonchev–Trinajstić information content (AvgIpc) is 2.15. The molecule has 0 aliphatic carbocycles. The molecule has 0 fully saturated rings. The second-order valence-electron chi connectivity index (χ2n) is 2.80. The molecular formula is C9H8N2O4. The normalized spacial score (nSPS) is 9.40. The molecular weight excluding hydrogens is 200 g/mol. The van der Waals surface area contributed by atoms with Gasteiger partial charge in [0.1, 0.15) is 5.69 Å². The minimum Gasteiger partial charge on any atom is -0.321 e. The van der Waals surface area contributed by atoms with E-state index in [1.54, 1.807) is 0 Å². The van der Waals surface area contributed by atoms with Gasteiger partial charge in [0.05, 0.1) is 10.5 Å². The molecule has 0 saturated carbocycles. The molecule has 0 saturated heterocycles. The summed E-state index contributed by atoms with van der Waals surface area (Å²) in [7, 11) is 0. The van der Waals surface area contributed by atoms with Gasteiger partial charge in [-0.1, -0.05) is 6.07 Å². The summed E-state index contributed by atoms with van der Waals surface area (Å²) in [6, 6.07) is 4.14. The van der Waals surface area contributed by atoms with Crippen molar-refractivity contribution in [3.05, 3.63) is 33.9 Å². The molecule has 6 nitrogen and oxygen atoms in total. The number of nitrogens with zero attached hydrogens (tertiary/aromatic N) is 1. The lowest BCUT2D eigenvalue weighted by Crippen LogP contribution is -2.09. The zero-order valence-corrected chi connectivity index (χ0v) is 7.89. The molecule has 0 aliphatic heterocycles. The summed E-state index contributed by atoms with van der Waals surface area (Å²) in [5, 5.41) is 13.0. The van der Waals surface area contributed by atoms with E-state index in [9.17, 15) is 19.7 Å². The van der Waals surface area contributed by atoms with Gasteiger partial charge in [0, 0.05) is 6.92 Å². The maximum atomic E-state index is 10.8. The number of nitro benzene ring substituents is 1. The summed E-state index contributed by atoms with van der Waals surface area (Å²) < 4.78 is 0. The van der Waals surface area contributed by atoms with Crippen LogP contribution in [0.25, 0.3) is 0 Å². The van der Waals surface area contributed by atoms with Crippen LogP contribution < -0.4 is 5.32 Å². The second-order valence-corrected chi connectivity index (χ2v) is 2.80. The van der Waals surface area contributed by atoms with Gasteiger partial charge in [-0.2, -0.15) is 0 Å². The summed E-state index contributed by atoms with van der Waals surface area (Å²) in [4.78, 5) is 31.3. The van der Waals surface area contributed by atoms with E-state index in [4.69, 9.17) is 0 Å². The summed E-state index contributed by atoms with van der Waals surface area (Å²) in [6.45, 7) is 1.23. The number of benzene rings is 1. The van der Waals surface area contributed by atoms with E-state index in [0.29, 0.717) is 6.29 Å². The van der Waals surface area contributed by atoms with Crippen molar-refractivity contribution in [2.24, 2.45) is 0 Å². The highest BCUT2D eigenvalue weighted by molar-refractivity contribution is 5.95. The lowest BCUT2D eigenvalue weighted by molar-refractivity contribution is -0.384. The number of hydrogen-bond acceptors (Lipinski definition) is 4. The van der Waals surface area contributed by atoms with Crippen molar-refractivity contribution in [2.75, 3.05) is 5.32 Å². The van der Waals surface area contributed by atoms with Gasteiger partial charge in [0.2, 0.25) is 5.91 Å². The molecule has 0 aromatic heterocycles. The predicted molar refractivity (Wildman–Crippen MR) is 52.8 cm³/mol. The fourth-order valence-electron chi connectivity index (χ4n) is 1.15. The molecule has 1 aromatic carbocycles. The van der Waals surface area contributed by atoms with E-state index in [2.05, 4.69) is 5.32 Å². The molecule has 0 atom stereocenters. The minimum atomic E-state index is -0.699. The van der Waals surface area contributed by atoms with Gasteiger partial charge in [-0.05, 0) is 12.1 Å². The Bertz CT molecular complexity index is 428. The lowest BCUT2D eigenvalue weighted by Gasteiger charge is -2.04. The number of hydrogen-bond donors (Lipinski definition) is 1. The first-order chi connectivity index (χ1) is 7.06. The lowest BCUT2D eigenvalue weighted by atomic mass is 10.1. The van der Waals surface area contributed by atoms with Crippen LogP contribution in [0.3, 0.4) is 0 Å². The molecule has 0 bridgehead atoms. The van der Waals surface area contributed by atoms with Gasteiger partial charge in [-0.15, -0.1) is 0 Å². The molecule has 0 heterocycles. The monoisotopic (exact) mass is 208 g/mol. The number of rotatable bonds is 3. The Kier molecular flexibility index (Phi) is 3.12. The van der Waals surface area contributed by atoms with Crippen molar-refractivity contribution in [1.29, 1.82) is 0 Å². The highest BCUT2D eigenvalue weighted by atomic mass is 16.6. The third-order valence-corrected chi connectivity index (χ3v) is 1.69. The molecule has 1 aromatic rings. The molecule has 6 heteroatoms. The Balaban J connectivity index is 3.31. The molecule has 1 N–H and O–H groups in total. The van der Waals surface area contributed by atoms with Crippen LogP contribution in [0, 0.1) is 10.1 Å².